The molecule has 0 aliphatic heterocycles. The molecule has 0 saturated heterocycles. The van der Waals surface area contributed by atoms with Gasteiger partial charge in [0.05, 0.1) is 0 Å². The first-order valence-corrected chi connectivity index (χ1v) is 4.59. The fraction of sp³-hybridized carbons (Fsp3) is 0.800. The molecule has 0 radical (unpaired) electrons. The fourth-order valence-electron chi connectivity index (χ4n) is 1.14. The zero-order valence-electron chi connectivity index (χ0n) is 7.95. The minimum atomic E-state index is 0.174. The highest BCUT2D eigenvalue weighted by Crippen LogP contribution is 2.13. The summed E-state index contributed by atoms with van der Waals surface area (Å²) in [6.07, 6.45) is 5.66. The molecule has 0 rings (SSSR count). The normalized spacial score (nSPS) is 15.2. The molecule has 0 aromatic rings. The van der Waals surface area contributed by atoms with Crippen LogP contribution >= 0.6 is 0 Å². The highest BCUT2D eigenvalue weighted by atomic mass is 16.1. The van der Waals surface area contributed by atoms with E-state index in [9.17, 15) is 9.59 Å². The van der Waals surface area contributed by atoms with E-state index in [2.05, 4.69) is 6.92 Å². The van der Waals surface area contributed by atoms with E-state index in [1.807, 2.05) is 6.92 Å². The summed E-state index contributed by atoms with van der Waals surface area (Å²) in [4.78, 5) is 20.4. The van der Waals surface area contributed by atoms with Crippen molar-refractivity contribution in [3.05, 3.63) is 0 Å². The SMILES string of the molecule is CC(C=O)CCC[C@H](C)CC=O. The molecule has 0 bridgehead atoms. The Kier molecular flexibility index (Phi) is 6.63. The van der Waals surface area contributed by atoms with Gasteiger partial charge in [0.15, 0.2) is 0 Å². The summed E-state index contributed by atoms with van der Waals surface area (Å²) in [6, 6.07) is 0. The molecular formula is C10H18O2. The number of carbonyl (C=O) groups excluding carboxylic acids is 2. The van der Waals surface area contributed by atoms with Crippen molar-refractivity contribution in [3.63, 3.8) is 0 Å². The van der Waals surface area contributed by atoms with Gasteiger partial charge in [-0.3, -0.25) is 0 Å². The monoisotopic (exact) mass is 170 g/mol. The molecule has 2 heteroatoms. The molecule has 0 heterocycles. The van der Waals surface area contributed by atoms with Crippen LogP contribution in [0.4, 0.5) is 0 Å². The average Bonchev–Trinajstić information content (AvgIpc) is 2.04. The smallest absolute Gasteiger partial charge is 0.122 e. The summed E-state index contributed by atoms with van der Waals surface area (Å²) in [7, 11) is 0. The molecule has 0 spiro atoms. The Morgan fingerprint density at radius 1 is 1.17 bits per heavy atom. The highest BCUT2D eigenvalue weighted by Gasteiger charge is 2.03. The molecule has 1 unspecified atom stereocenters. The molecule has 0 aliphatic rings. The van der Waals surface area contributed by atoms with Crippen LogP contribution in [0.25, 0.3) is 0 Å². The third kappa shape index (κ3) is 6.08. The number of aldehydes is 2. The molecule has 70 valence electrons. The van der Waals surface area contributed by atoms with E-state index in [0.717, 1.165) is 31.8 Å². The summed E-state index contributed by atoms with van der Waals surface area (Å²) in [6.45, 7) is 4.00. The van der Waals surface area contributed by atoms with Crippen LogP contribution in [0.15, 0.2) is 0 Å². The lowest BCUT2D eigenvalue weighted by Crippen LogP contribution is -1.99. The van der Waals surface area contributed by atoms with Crippen LogP contribution in [0.1, 0.15) is 39.5 Å². The third-order valence-electron chi connectivity index (χ3n) is 2.09. The molecule has 0 saturated carbocycles. The minimum Gasteiger partial charge on any atom is -0.303 e. The number of carbonyl (C=O) groups is 2. The van der Waals surface area contributed by atoms with Crippen LogP contribution in [0.2, 0.25) is 0 Å². The van der Waals surface area contributed by atoms with Crippen molar-refractivity contribution in [2.75, 3.05) is 0 Å². The standard InChI is InChI=1S/C10H18O2/c1-9(6-7-11)4-3-5-10(2)8-12/h7-10H,3-6H2,1-2H3/t9-,10?/m0/s1. The topological polar surface area (TPSA) is 34.1 Å². The Balaban J connectivity index is 3.29. The van der Waals surface area contributed by atoms with E-state index in [4.69, 9.17) is 0 Å². The van der Waals surface area contributed by atoms with Gasteiger partial charge in [0.25, 0.3) is 0 Å². The lowest BCUT2D eigenvalue weighted by molar-refractivity contribution is -0.111. The minimum absolute atomic E-state index is 0.174. The molecule has 2 nitrogen and oxygen atoms in total. The van der Waals surface area contributed by atoms with Crippen molar-refractivity contribution in [2.24, 2.45) is 11.8 Å². The van der Waals surface area contributed by atoms with Crippen molar-refractivity contribution >= 4 is 12.6 Å². The van der Waals surface area contributed by atoms with Gasteiger partial charge in [0, 0.05) is 12.3 Å². The summed E-state index contributed by atoms with van der Waals surface area (Å²) < 4.78 is 0. The van der Waals surface area contributed by atoms with Gasteiger partial charge in [0.1, 0.15) is 12.6 Å². The summed E-state index contributed by atoms with van der Waals surface area (Å²) in [5.74, 6) is 0.648. The molecular weight excluding hydrogens is 152 g/mol. The predicted octanol–water partition coefficient (Wildman–Crippen LogP) is 2.22. The Hall–Kier alpha value is -0.660. The Labute approximate surface area is 74.3 Å². The zero-order chi connectivity index (χ0) is 9.40. The van der Waals surface area contributed by atoms with Crippen molar-refractivity contribution in [3.8, 4) is 0 Å². The summed E-state index contributed by atoms with van der Waals surface area (Å²) >= 11 is 0. The number of hydrogen-bond donors (Lipinski definition) is 0. The van der Waals surface area contributed by atoms with Gasteiger partial charge in [-0.15, -0.1) is 0 Å². The summed E-state index contributed by atoms with van der Waals surface area (Å²) in [5, 5.41) is 0. The lowest BCUT2D eigenvalue weighted by Gasteiger charge is -2.07. The van der Waals surface area contributed by atoms with Crippen molar-refractivity contribution < 1.29 is 9.59 Å². The first-order valence-electron chi connectivity index (χ1n) is 4.59. The highest BCUT2D eigenvalue weighted by molar-refractivity contribution is 5.52. The molecule has 12 heavy (non-hydrogen) atoms. The van der Waals surface area contributed by atoms with Crippen LogP contribution < -0.4 is 0 Å². The maximum atomic E-state index is 10.3. The quantitative estimate of drug-likeness (QED) is 0.549. The van der Waals surface area contributed by atoms with Gasteiger partial charge in [-0.2, -0.15) is 0 Å². The second-order valence-corrected chi connectivity index (χ2v) is 3.55. The van der Waals surface area contributed by atoms with Crippen molar-refractivity contribution in [1.82, 2.24) is 0 Å². The van der Waals surface area contributed by atoms with Crippen LogP contribution in [0.3, 0.4) is 0 Å². The predicted molar refractivity (Wildman–Crippen MR) is 48.9 cm³/mol. The van der Waals surface area contributed by atoms with E-state index in [-0.39, 0.29) is 5.92 Å². The van der Waals surface area contributed by atoms with Crippen molar-refractivity contribution in [1.29, 1.82) is 0 Å². The summed E-state index contributed by atoms with van der Waals surface area (Å²) in [5.41, 5.74) is 0. The largest absolute Gasteiger partial charge is 0.303 e. The van der Waals surface area contributed by atoms with E-state index in [1.54, 1.807) is 0 Å². The van der Waals surface area contributed by atoms with E-state index < -0.39 is 0 Å². The Morgan fingerprint density at radius 3 is 2.33 bits per heavy atom. The van der Waals surface area contributed by atoms with Crippen LogP contribution in [-0.4, -0.2) is 12.6 Å². The molecule has 0 aromatic heterocycles. The fourth-order valence-corrected chi connectivity index (χ4v) is 1.14. The third-order valence-corrected chi connectivity index (χ3v) is 2.09. The molecule has 2 atom stereocenters. The Morgan fingerprint density at radius 2 is 1.83 bits per heavy atom. The number of hydrogen-bond acceptors (Lipinski definition) is 2. The molecule has 0 aliphatic carbocycles. The van der Waals surface area contributed by atoms with Crippen LogP contribution in [0.5, 0.6) is 0 Å². The van der Waals surface area contributed by atoms with Gasteiger partial charge in [-0.1, -0.05) is 26.7 Å². The lowest BCUT2D eigenvalue weighted by atomic mass is 9.98. The van der Waals surface area contributed by atoms with E-state index in [1.165, 1.54) is 0 Å². The number of rotatable bonds is 7. The van der Waals surface area contributed by atoms with Gasteiger partial charge >= 0.3 is 0 Å². The van der Waals surface area contributed by atoms with Gasteiger partial charge in [-0.25, -0.2) is 0 Å². The first-order chi connectivity index (χ1) is 5.70. The van der Waals surface area contributed by atoms with E-state index >= 15 is 0 Å². The second-order valence-electron chi connectivity index (χ2n) is 3.55. The Bertz CT molecular complexity index is 132. The molecule has 0 amide bonds. The van der Waals surface area contributed by atoms with Gasteiger partial charge in [0.2, 0.25) is 0 Å². The average molecular weight is 170 g/mol. The zero-order valence-corrected chi connectivity index (χ0v) is 7.95. The van der Waals surface area contributed by atoms with E-state index in [0.29, 0.717) is 12.3 Å². The maximum Gasteiger partial charge on any atom is 0.122 e. The first kappa shape index (κ1) is 11.3. The van der Waals surface area contributed by atoms with Gasteiger partial charge < -0.3 is 9.59 Å². The molecule has 0 fully saturated rings. The van der Waals surface area contributed by atoms with Gasteiger partial charge in [-0.05, 0) is 12.3 Å². The van der Waals surface area contributed by atoms with Crippen molar-refractivity contribution in [2.45, 2.75) is 39.5 Å². The maximum absolute atomic E-state index is 10.3. The molecule has 0 aromatic carbocycles. The molecule has 0 N–H and O–H groups in total. The van der Waals surface area contributed by atoms with Crippen LogP contribution in [0, 0.1) is 11.8 Å². The van der Waals surface area contributed by atoms with Crippen LogP contribution in [-0.2, 0) is 9.59 Å². The second kappa shape index (κ2) is 7.01.